The molecule has 0 amide bonds. The summed E-state index contributed by atoms with van der Waals surface area (Å²) in [5, 5.41) is 0.194. The van der Waals surface area contributed by atoms with E-state index in [2.05, 4.69) is 0 Å². The van der Waals surface area contributed by atoms with Crippen LogP contribution < -0.4 is 22.9 Å². The van der Waals surface area contributed by atoms with Crippen molar-refractivity contribution in [2.75, 3.05) is 28.3 Å². The highest BCUT2D eigenvalue weighted by atomic mass is 35.5. The van der Waals surface area contributed by atoms with Crippen LogP contribution in [0.1, 0.15) is 0 Å². The zero-order valence-electron chi connectivity index (χ0n) is 19.5. The lowest BCUT2D eigenvalue weighted by molar-refractivity contribution is 0.594. The van der Waals surface area contributed by atoms with Gasteiger partial charge in [0.25, 0.3) is 0 Å². The maximum atomic E-state index is 12.2. The highest BCUT2D eigenvalue weighted by Gasteiger charge is 2.17. The topological polar surface area (TPSA) is 172 Å². The molecular formula is C25H26Cl2N4O4S2. The van der Waals surface area contributed by atoms with Crippen LogP contribution in [0.4, 0.5) is 22.7 Å². The van der Waals surface area contributed by atoms with Gasteiger partial charge in [-0.05, 0) is 97.1 Å². The largest absolute Gasteiger partial charge is 0.399 e. The van der Waals surface area contributed by atoms with Crippen LogP contribution >= 0.6 is 23.2 Å². The van der Waals surface area contributed by atoms with Gasteiger partial charge in [0.15, 0.2) is 0 Å². The van der Waals surface area contributed by atoms with E-state index in [1.165, 1.54) is 48.5 Å². The van der Waals surface area contributed by atoms with E-state index in [1.54, 1.807) is 48.5 Å². The van der Waals surface area contributed by atoms with Gasteiger partial charge in [-0.3, -0.25) is 0 Å². The minimum Gasteiger partial charge on any atom is -0.399 e. The second-order valence-corrected chi connectivity index (χ2v) is 12.1. The summed E-state index contributed by atoms with van der Waals surface area (Å²) in [5.74, 6) is 0. The molecule has 0 aliphatic rings. The molecule has 4 aromatic rings. The number of alkyl halides is 2. The van der Waals surface area contributed by atoms with Crippen LogP contribution in [-0.4, -0.2) is 22.2 Å². The van der Waals surface area contributed by atoms with E-state index in [4.69, 9.17) is 46.1 Å². The lowest BCUT2D eigenvalue weighted by Gasteiger charge is -2.05. The van der Waals surface area contributed by atoms with Gasteiger partial charge in [0.2, 0.25) is 19.7 Å². The Morgan fingerprint density at radius 3 is 0.676 bits per heavy atom. The highest BCUT2D eigenvalue weighted by Crippen LogP contribution is 2.23. The molecule has 0 saturated carbocycles. The van der Waals surface area contributed by atoms with Crippen molar-refractivity contribution in [2.24, 2.45) is 0 Å². The third-order valence-electron chi connectivity index (χ3n) is 4.76. The lowest BCUT2D eigenvalue weighted by Crippen LogP contribution is -2.02. The minimum atomic E-state index is -3.48. The lowest BCUT2D eigenvalue weighted by atomic mass is 10.3. The summed E-state index contributed by atoms with van der Waals surface area (Å²) < 4.78 is 48.7. The SMILES string of the molecule is ClCCl.Nc1ccc(S(=O)(=O)c2ccc(N)cc2)cc1.Nc1ccc(S(=O)(=O)c2ccc(N)cc2)cc1. The molecular weight excluding hydrogens is 555 g/mol. The quantitative estimate of drug-likeness (QED) is 0.197. The summed E-state index contributed by atoms with van der Waals surface area (Å²) in [6.07, 6.45) is 0. The Morgan fingerprint density at radius 2 is 0.541 bits per heavy atom. The number of halogens is 2. The Hall–Kier alpha value is -3.44. The molecule has 196 valence electrons. The zero-order valence-corrected chi connectivity index (χ0v) is 22.6. The molecule has 8 nitrogen and oxygen atoms in total. The molecule has 4 rings (SSSR count). The summed E-state index contributed by atoms with van der Waals surface area (Å²) in [4.78, 5) is 0.876. The van der Waals surface area contributed by atoms with E-state index in [0.29, 0.717) is 22.7 Å². The van der Waals surface area contributed by atoms with Gasteiger partial charge in [0.05, 0.1) is 24.9 Å². The van der Waals surface area contributed by atoms with Gasteiger partial charge in [-0.15, -0.1) is 23.2 Å². The molecule has 0 fully saturated rings. The number of anilines is 4. The average molecular weight is 582 g/mol. The number of hydrogen-bond donors (Lipinski definition) is 4. The van der Waals surface area contributed by atoms with Gasteiger partial charge >= 0.3 is 0 Å². The third kappa shape index (κ3) is 8.29. The zero-order chi connectivity index (χ0) is 27.6. The van der Waals surface area contributed by atoms with Crippen molar-refractivity contribution < 1.29 is 16.8 Å². The third-order valence-corrected chi connectivity index (χ3v) is 8.33. The van der Waals surface area contributed by atoms with Crippen LogP contribution in [0.2, 0.25) is 0 Å². The first-order chi connectivity index (χ1) is 17.4. The number of sulfone groups is 2. The first kappa shape index (κ1) is 29.8. The molecule has 0 spiro atoms. The monoisotopic (exact) mass is 580 g/mol. The van der Waals surface area contributed by atoms with Crippen LogP contribution in [0.15, 0.2) is 117 Å². The summed E-state index contributed by atoms with van der Waals surface area (Å²) in [6.45, 7) is 0. The second-order valence-electron chi connectivity index (χ2n) is 7.38. The predicted octanol–water partition coefficient (Wildman–Crippen LogP) is 4.79. The van der Waals surface area contributed by atoms with Gasteiger partial charge in [-0.25, -0.2) is 16.8 Å². The molecule has 12 heteroatoms. The van der Waals surface area contributed by atoms with Crippen LogP contribution in [0.5, 0.6) is 0 Å². The molecule has 0 atom stereocenters. The number of nitrogen functional groups attached to an aromatic ring is 4. The van der Waals surface area contributed by atoms with E-state index in [1.807, 2.05) is 0 Å². The molecule has 37 heavy (non-hydrogen) atoms. The fraction of sp³-hybridized carbons (Fsp3) is 0.0400. The van der Waals surface area contributed by atoms with Crippen molar-refractivity contribution in [2.45, 2.75) is 19.6 Å². The van der Waals surface area contributed by atoms with Gasteiger partial charge in [0.1, 0.15) is 0 Å². The summed E-state index contributed by atoms with van der Waals surface area (Å²) >= 11 is 9.53. The molecule has 0 aromatic heterocycles. The van der Waals surface area contributed by atoms with Crippen molar-refractivity contribution in [1.29, 1.82) is 0 Å². The maximum absolute atomic E-state index is 12.2. The molecule has 0 aliphatic carbocycles. The molecule has 8 N–H and O–H groups in total. The van der Waals surface area contributed by atoms with Gasteiger partial charge in [-0.1, -0.05) is 0 Å². The average Bonchev–Trinajstić information content (AvgIpc) is 2.86. The Kier molecular flexibility index (Phi) is 10.6. The first-order valence-corrected chi connectivity index (χ1v) is 14.5. The van der Waals surface area contributed by atoms with E-state index in [-0.39, 0.29) is 24.9 Å². The van der Waals surface area contributed by atoms with Crippen LogP contribution in [-0.2, 0) is 19.7 Å². The number of nitrogens with two attached hydrogens (primary N) is 4. The van der Waals surface area contributed by atoms with Crippen molar-refractivity contribution in [3.05, 3.63) is 97.1 Å². The number of hydrogen-bond acceptors (Lipinski definition) is 8. The summed E-state index contributed by atoms with van der Waals surface area (Å²) in [5.41, 5.74) is 24.2. The smallest absolute Gasteiger partial charge is 0.206 e. The number of benzene rings is 4. The molecule has 0 bridgehead atoms. The Labute approximate surface area is 226 Å². The second kappa shape index (κ2) is 13.2. The predicted molar refractivity (Wildman–Crippen MR) is 151 cm³/mol. The fourth-order valence-corrected chi connectivity index (χ4v) is 5.38. The molecule has 0 heterocycles. The van der Waals surface area contributed by atoms with Crippen molar-refractivity contribution in [1.82, 2.24) is 0 Å². The van der Waals surface area contributed by atoms with Crippen LogP contribution in [0.25, 0.3) is 0 Å². The van der Waals surface area contributed by atoms with E-state index < -0.39 is 19.7 Å². The van der Waals surface area contributed by atoms with Crippen LogP contribution in [0.3, 0.4) is 0 Å². The highest BCUT2D eigenvalue weighted by molar-refractivity contribution is 7.91. The summed E-state index contributed by atoms with van der Waals surface area (Å²) in [6, 6.07) is 24.4. The molecule has 4 aromatic carbocycles. The standard InChI is InChI=1S/2C12H12N2O2S.CH2Cl2/c2*13-9-1-5-11(6-2-9)17(15,16)12-7-3-10(14)4-8-12;2-1-3/h2*1-8H,13-14H2;1H2. The Bertz CT molecular complexity index is 1280. The van der Waals surface area contributed by atoms with E-state index >= 15 is 0 Å². The van der Waals surface area contributed by atoms with Gasteiger partial charge in [-0.2, -0.15) is 0 Å². The van der Waals surface area contributed by atoms with Crippen molar-refractivity contribution >= 4 is 65.6 Å². The van der Waals surface area contributed by atoms with Crippen LogP contribution in [0, 0.1) is 0 Å². The van der Waals surface area contributed by atoms with Gasteiger partial charge in [0, 0.05) is 22.7 Å². The molecule has 0 unspecified atom stereocenters. The maximum Gasteiger partial charge on any atom is 0.206 e. The van der Waals surface area contributed by atoms with Crippen molar-refractivity contribution in [3.8, 4) is 0 Å². The molecule has 0 radical (unpaired) electrons. The first-order valence-electron chi connectivity index (χ1n) is 10.5. The molecule has 0 saturated heterocycles. The Morgan fingerprint density at radius 1 is 0.405 bits per heavy atom. The molecule has 0 aliphatic heterocycles. The number of rotatable bonds is 4. The Balaban J connectivity index is 0.000000235. The fourth-order valence-electron chi connectivity index (χ4n) is 2.86. The summed E-state index contributed by atoms with van der Waals surface area (Å²) in [7, 11) is -6.97. The minimum absolute atomic E-state index is 0.194. The van der Waals surface area contributed by atoms with E-state index in [0.717, 1.165) is 0 Å². The van der Waals surface area contributed by atoms with E-state index in [9.17, 15) is 16.8 Å². The van der Waals surface area contributed by atoms with Crippen molar-refractivity contribution in [3.63, 3.8) is 0 Å². The normalized spacial score (nSPS) is 10.9. The van der Waals surface area contributed by atoms with Gasteiger partial charge < -0.3 is 22.9 Å².